The first-order valence-corrected chi connectivity index (χ1v) is 7.30. The van der Waals surface area contributed by atoms with Crippen LogP contribution in [0.25, 0.3) is 10.1 Å². The van der Waals surface area contributed by atoms with Gasteiger partial charge in [0.25, 0.3) is 0 Å². The minimum atomic E-state index is -1.04. The van der Waals surface area contributed by atoms with Gasteiger partial charge in [0.2, 0.25) is 0 Å². The Kier molecular flexibility index (Phi) is 4.65. The number of carbonyl (C=O) groups excluding carboxylic acids is 1. The number of aliphatic carboxylic acids is 1. The van der Waals surface area contributed by atoms with Gasteiger partial charge in [-0.3, -0.25) is 9.59 Å². The van der Waals surface area contributed by atoms with Gasteiger partial charge in [-0.1, -0.05) is 6.92 Å². The van der Waals surface area contributed by atoms with Gasteiger partial charge >= 0.3 is 5.97 Å². The predicted octanol–water partition coefficient (Wildman–Crippen LogP) is 3.35. The molecule has 0 amide bonds. The van der Waals surface area contributed by atoms with Crippen molar-refractivity contribution >= 4 is 33.2 Å². The second-order valence-electron chi connectivity index (χ2n) is 4.82. The van der Waals surface area contributed by atoms with Crippen LogP contribution in [0.2, 0.25) is 0 Å². The van der Waals surface area contributed by atoms with Crippen LogP contribution in [0, 0.1) is 11.7 Å². The van der Waals surface area contributed by atoms with Crippen molar-refractivity contribution in [2.75, 3.05) is 14.2 Å². The molecule has 1 aromatic carbocycles. The molecule has 0 fully saturated rings. The Morgan fingerprint density at radius 3 is 2.55 bits per heavy atom. The van der Waals surface area contributed by atoms with E-state index in [1.165, 1.54) is 27.2 Å². The highest BCUT2D eigenvalue weighted by molar-refractivity contribution is 7.20. The van der Waals surface area contributed by atoms with Gasteiger partial charge in [-0.15, -0.1) is 11.3 Å². The number of halogens is 1. The summed E-state index contributed by atoms with van der Waals surface area (Å²) in [5.41, 5.74) is 0. The average molecular weight is 326 g/mol. The molecule has 1 unspecified atom stereocenters. The van der Waals surface area contributed by atoms with Gasteiger partial charge in [-0.05, 0) is 6.07 Å². The van der Waals surface area contributed by atoms with Crippen LogP contribution in [-0.2, 0) is 4.79 Å². The number of hydrogen-bond donors (Lipinski definition) is 1. The van der Waals surface area contributed by atoms with E-state index in [-0.39, 0.29) is 29.1 Å². The maximum Gasteiger partial charge on any atom is 0.306 e. The SMILES string of the molecule is COc1cc2sc(C(=O)CC(C)C(=O)O)cc2c(F)c1OC. The molecule has 1 heterocycles. The highest BCUT2D eigenvalue weighted by Crippen LogP contribution is 2.40. The number of thiophene rings is 1. The number of carboxylic acids is 1. The minimum Gasteiger partial charge on any atom is -0.493 e. The van der Waals surface area contributed by atoms with Crippen LogP contribution < -0.4 is 9.47 Å². The lowest BCUT2D eigenvalue weighted by Crippen LogP contribution is -2.13. The first-order chi connectivity index (χ1) is 10.4. The van der Waals surface area contributed by atoms with Crippen LogP contribution in [0.4, 0.5) is 4.39 Å². The number of rotatable bonds is 6. The van der Waals surface area contributed by atoms with E-state index in [2.05, 4.69) is 0 Å². The molecule has 22 heavy (non-hydrogen) atoms. The van der Waals surface area contributed by atoms with Crippen LogP contribution >= 0.6 is 11.3 Å². The topological polar surface area (TPSA) is 72.8 Å². The number of ether oxygens (including phenoxy) is 2. The molecule has 0 aliphatic carbocycles. The highest BCUT2D eigenvalue weighted by Gasteiger charge is 2.22. The third-order valence-electron chi connectivity index (χ3n) is 3.29. The summed E-state index contributed by atoms with van der Waals surface area (Å²) in [4.78, 5) is 23.2. The Balaban J connectivity index is 2.44. The second kappa shape index (κ2) is 6.31. The summed E-state index contributed by atoms with van der Waals surface area (Å²) < 4.78 is 25.0. The number of methoxy groups -OCH3 is 2. The maximum atomic E-state index is 14.4. The largest absolute Gasteiger partial charge is 0.493 e. The summed E-state index contributed by atoms with van der Waals surface area (Å²) in [5.74, 6) is -2.53. The first kappa shape index (κ1) is 16.2. The third-order valence-corrected chi connectivity index (χ3v) is 4.42. The summed E-state index contributed by atoms with van der Waals surface area (Å²) in [6, 6.07) is 3.02. The molecule has 0 spiro atoms. The molecule has 118 valence electrons. The number of fused-ring (bicyclic) bond motifs is 1. The zero-order valence-electron chi connectivity index (χ0n) is 12.3. The molecule has 2 aromatic rings. The number of ketones is 1. The van der Waals surface area contributed by atoms with Crippen molar-refractivity contribution in [1.82, 2.24) is 0 Å². The number of hydrogen-bond acceptors (Lipinski definition) is 5. The number of benzene rings is 1. The molecule has 1 aromatic heterocycles. The van der Waals surface area contributed by atoms with E-state index in [4.69, 9.17) is 14.6 Å². The average Bonchev–Trinajstić information content (AvgIpc) is 2.91. The molecule has 0 saturated heterocycles. The van der Waals surface area contributed by atoms with Crippen LogP contribution in [0.15, 0.2) is 12.1 Å². The minimum absolute atomic E-state index is 0.0225. The van der Waals surface area contributed by atoms with Crippen molar-refractivity contribution in [2.45, 2.75) is 13.3 Å². The Labute approximate surface area is 130 Å². The molecule has 7 heteroatoms. The summed E-state index contributed by atoms with van der Waals surface area (Å²) >= 11 is 1.10. The fourth-order valence-corrected chi connectivity index (χ4v) is 3.08. The highest BCUT2D eigenvalue weighted by atomic mass is 32.1. The normalized spacial score (nSPS) is 12.2. The van der Waals surface area contributed by atoms with Gasteiger partial charge in [0.05, 0.1) is 25.0 Å². The lowest BCUT2D eigenvalue weighted by atomic mass is 10.0. The van der Waals surface area contributed by atoms with Crippen LogP contribution in [-0.4, -0.2) is 31.1 Å². The molecule has 0 bridgehead atoms. The number of carboxylic acid groups (broad SMARTS) is 1. The zero-order chi connectivity index (χ0) is 16.4. The first-order valence-electron chi connectivity index (χ1n) is 6.49. The summed E-state index contributed by atoms with van der Waals surface area (Å²) in [7, 11) is 2.73. The van der Waals surface area contributed by atoms with Gasteiger partial charge in [-0.25, -0.2) is 4.39 Å². The van der Waals surface area contributed by atoms with Crippen molar-refractivity contribution in [3.63, 3.8) is 0 Å². The van der Waals surface area contributed by atoms with Gasteiger partial charge in [0.15, 0.2) is 23.1 Å². The number of Topliss-reactive ketones (excluding diaryl/α,β-unsaturated/α-hetero) is 1. The summed E-state index contributed by atoms with van der Waals surface area (Å²) in [6.45, 7) is 1.46. The van der Waals surface area contributed by atoms with E-state index in [1.54, 1.807) is 6.07 Å². The maximum absolute atomic E-state index is 14.4. The fourth-order valence-electron chi connectivity index (χ4n) is 2.04. The van der Waals surface area contributed by atoms with Crippen molar-refractivity contribution in [3.8, 4) is 11.5 Å². The molecular weight excluding hydrogens is 311 g/mol. The Hall–Kier alpha value is -2.15. The Morgan fingerprint density at radius 2 is 2.00 bits per heavy atom. The van der Waals surface area contributed by atoms with E-state index in [0.29, 0.717) is 9.58 Å². The van der Waals surface area contributed by atoms with E-state index in [0.717, 1.165) is 11.3 Å². The molecule has 1 atom stereocenters. The van der Waals surface area contributed by atoms with E-state index in [9.17, 15) is 14.0 Å². The smallest absolute Gasteiger partial charge is 0.306 e. The van der Waals surface area contributed by atoms with Gasteiger partial charge in [0, 0.05) is 22.6 Å². The molecular formula is C15H15FO5S. The third kappa shape index (κ3) is 2.89. The van der Waals surface area contributed by atoms with E-state index in [1.807, 2.05) is 0 Å². The lowest BCUT2D eigenvalue weighted by Gasteiger charge is -2.08. The molecule has 0 aliphatic rings. The molecule has 5 nitrogen and oxygen atoms in total. The molecule has 0 aliphatic heterocycles. The quantitative estimate of drug-likeness (QED) is 0.824. The van der Waals surface area contributed by atoms with Crippen LogP contribution in [0.1, 0.15) is 23.0 Å². The van der Waals surface area contributed by atoms with Gasteiger partial charge < -0.3 is 14.6 Å². The predicted molar refractivity (Wildman–Crippen MR) is 80.6 cm³/mol. The van der Waals surface area contributed by atoms with Gasteiger partial charge in [-0.2, -0.15) is 0 Å². The van der Waals surface area contributed by atoms with Crippen LogP contribution in [0.5, 0.6) is 11.5 Å². The van der Waals surface area contributed by atoms with Crippen molar-refractivity contribution < 1.29 is 28.6 Å². The molecule has 0 saturated carbocycles. The molecule has 1 N–H and O–H groups in total. The fraction of sp³-hybridized carbons (Fsp3) is 0.333. The Morgan fingerprint density at radius 1 is 1.32 bits per heavy atom. The summed E-state index contributed by atoms with van der Waals surface area (Å²) in [5, 5.41) is 9.11. The summed E-state index contributed by atoms with van der Waals surface area (Å²) in [6.07, 6.45) is -0.127. The van der Waals surface area contributed by atoms with E-state index < -0.39 is 17.7 Å². The second-order valence-corrected chi connectivity index (χ2v) is 5.90. The van der Waals surface area contributed by atoms with Crippen molar-refractivity contribution in [3.05, 3.63) is 22.8 Å². The molecule has 0 radical (unpaired) electrons. The van der Waals surface area contributed by atoms with E-state index >= 15 is 0 Å². The zero-order valence-corrected chi connectivity index (χ0v) is 13.1. The van der Waals surface area contributed by atoms with Crippen molar-refractivity contribution in [1.29, 1.82) is 0 Å². The monoisotopic (exact) mass is 326 g/mol. The van der Waals surface area contributed by atoms with Crippen LogP contribution in [0.3, 0.4) is 0 Å². The number of carbonyl (C=O) groups is 2. The Bertz CT molecular complexity index is 737. The van der Waals surface area contributed by atoms with Gasteiger partial charge in [0.1, 0.15) is 0 Å². The lowest BCUT2D eigenvalue weighted by molar-refractivity contribution is -0.141. The standard InChI is InChI=1S/C15H15FO5S/c1-7(15(18)19)4-9(17)12-5-8-11(22-12)6-10(20-2)14(21-3)13(8)16/h5-7H,4H2,1-3H3,(H,18,19). The molecule has 2 rings (SSSR count). The van der Waals surface area contributed by atoms with Crippen molar-refractivity contribution in [2.24, 2.45) is 5.92 Å².